The Kier molecular flexibility index (Phi) is 3.72. The van der Waals surface area contributed by atoms with Crippen molar-refractivity contribution in [3.8, 4) is 0 Å². The molecule has 1 aliphatic rings. The predicted octanol–water partition coefficient (Wildman–Crippen LogP) is 3.78. The zero-order chi connectivity index (χ0) is 14.1. The van der Waals surface area contributed by atoms with Crippen LogP contribution in [0.3, 0.4) is 0 Å². The normalized spacial score (nSPS) is 18.4. The number of primary amides is 1. The molecule has 5 heteroatoms. The lowest BCUT2D eigenvalue weighted by Crippen LogP contribution is -2.16. The van der Waals surface area contributed by atoms with Gasteiger partial charge in [-0.25, -0.2) is 4.99 Å². The van der Waals surface area contributed by atoms with E-state index in [1.807, 2.05) is 23.7 Å². The van der Waals surface area contributed by atoms with Crippen molar-refractivity contribution in [2.24, 2.45) is 16.6 Å². The number of hydrogen-bond acceptors (Lipinski definition) is 4. The molecule has 0 aliphatic heterocycles. The Morgan fingerprint density at radius 2 is 2.40 bits per heavy atom. The first-order valence-electron chi connectivity index (χ1n) is 6.67. The number of nitrogens with two attached hydrogens (primary N) is 1. The summed E-state index contributed by atoms with van der Waals surface area (Å²) in [5.41, 5.74) is 7.34. The van der Waals surface area contributed by atoms with Gasteiger partial charge in [0.1, 0.15) is 5.00 Å². The number of rotatable bonds is 3. The van der Waals surface area contributed by atoms with E-state index in [2.05, 4.69) is 11.9 Å². The van der Waals surface area contributed by atoms with Gasteiger partial charge < -0.3 is 5.73 Å². The highest BCUT2D eigenvalue weighted by atomic mass is 32.1. The molecule has 3 nitrogen and oxygen atoms in total. The van der Waals surface area contributed by atoms with E-state index in [0.717, 1.165) is 34.7 Å². The van der Waals surface area contributed by atoms with Gasteiger partial charge in [0, 0.05) is 16.0 Å². The smallest absolute Gasteiger partial charge is 0.252 e. The van der Waals surface area contributed by atoms with Crippen molar-refractivity contribution in [2.45, 2.75) is 26.2 Å². The summed E-state index contributed by atoms with van der Waals surface area (Å²) in [6.07, 6.45) is 4.92. The van der Waals surface area contributed by atoms with Gasteiger partial charge in [0.2, 0.25) is 0 Å². The fourth-order valence-corrected chi connectivity index (χ4v) is 4.51. The molecule has 104 valence electrons. The Hall–Kier alpha value is -1.46. The van der Waals surface area contributed by atoms with Gasteiger partial charge in [-0.1, -0.05) is 13.0 Å². The van der Waals surface area contributed by atoms with Gasteiger partial charge in [0.05, 0.1) is 5.56 Å². The largest absolute Gasteiger partial charge is 0.365 e. The lowest BCUT2D eigenvalue weighted by Gasteiger charge is -2.18. The molecule has 0 fully saturated rings. The van der Waals surface area contributed by atoms with Gasteiger partial charge in [-0.3, -0.25) is 4.79 Å². The molecule has 1 atom stereocenters. The summed E-state index contributed by atoms with van der Waals surface area (Å²) in [7, 11) is 0. The van der Waals surface area contributed by atoms with Crippen LogP contribution in [0.15, 0.2) is 22.5 Å². The third-order valence-corrected chi connectivity index (χ3v) is 5.56. The summed E-state index contributed by atoms with van der Waals surface area (Å²) in [5, 5.41) is 2.78. The Labute approximate surface area is 126 Å². The number of hydrogen-bond donors (Lipinski definition) is 1. The van der Waals surface area contributed by atoms with E-state index >= 15 is 0 Å². The van der Waals surface area contributed by atoms with E-state index in [-0.39, 0.29) is 5.91 Å². The second-order valence-corrected chi connectivity index (χ2v) is 7.23. The fraction of sp³-hybridized carbons (Fsp3) is 0.333. The van der Waals surface area contributed by atoms with Crippen LogP contribution in [0.2, 0.25) is 0 Å². The fourth-order valence-electron chi connectivity index (χ4n) is 2.57. The third kappa shape index (κ3) is 2.55. The lowest BCUT2D eigenvalue weighted by molar-refractivity contribution is 0.1000. The van der Waals surface area contributed by atoms with Gasteiger partial charge in [-0.2, -0.15) is 0 Å². The van der Waals surface area contributed by atoms with E-state index in [9.17, 15) is 4.79 Å². The molecule has 3 rings (SSSR count). The predicted molar refractivity (Wildman–Crippen MR) is 85.6 cm³/mol. The van der Waals surface area contributed by atoms with Gasteiger partial charge in [-0.15, -0.1) is 22.7 Å². The van der Waals surface area contributed by atoms with Crippen molar-refractivity contribution in [1.29, 1.82) is 0 Å². The van der Waals surface area contributed by atoms with Crippen LogP contribution in [-0.4, -0.2) is 12.1 Å². The quantitative estimate of drug-likeness (QED) is 0.862. The first-order valence-corrected chi connectivity index (χ1v) is 8.36. The van der Waals surface area contributed by atoms with Crippen LogP contribution >= 0.6 is 22.7 Å². The van der Waals surface area contributed by atoms with Crippen molar-refractivity contribution < 1.29 is 4.79 Å². The summed E-state index contributed by atoms with van der Waals surface area (Å²) >= 11 is 3.25. The van der Waals surface area contributed by atoms with Crippen molar-refractivity contribution in [2.75, 3.05) is 0 Å². The Morgan fingerprint density at radius 1 is 1.55 bits per heavy atom. The van der Waals surface area contributed by atoms with Crippen LogP contribution in [0, 0.1) is 5.92 Å². The molecular formula is C15H16N2OS2. The highest BCUT2D eigenvalue weighted by molar-refractivity contribution is 7.16. The summed E-state index contributed by atoms with van der Waals surface area (Å²) < 4.78 is 0. The number of aliphatic imine (C=N–C) groups is 1. The molecule has 1 amide bonds. The van der Waals surface area contributed by atoms with Gasteiger partial charge in [-0.05, 0) is 42.2 Å². The summed E-state index contributed by atoms with van der Waals surface area (Å²) in [6, 6.07) is 4.00. The molecule has 2 aromatic heterocycles. The van der Waals surface area contributed by atoms with E-state index in [1.165, 1.54) is 4.88 Å². The zero-order valence-corrected chi connectivity index (χ0v) is 12.9. The molecule has 0 bridgehead atoms. The molecule has 0 aromatic carbocycles. The summed E-state index contributed by atoms with van der Waals surface area (Å²) in [6.45, 7) is 2.25. The molecule has 0 saturated carbocycles. The van der Waals surface area contributed by atoms with Crippen molar-refractivity contribution in [3.63, 3.8) is 0 Å². The van der Waals surface area contributed by atoms with Crippen LogP contribution in [-0.2, 0) is 12.8 Å². The zero-order valence-electron chi connectivity index (χ0n) is 11.3. The number of thiophene rings is 2. The number of amides is 1. The average molecular weight is 304 g/mol. The van der Waals surface area contributed by atoms with Gasteiger partial charge in [0.15, 0.2) is 0 Å². The van der Waals surface area contributed by atoms with E-state index in [4.69, 9.17) is 5.73 Å². The first kappa shape index (κ1) is 13.5. The minimum atomic E-state index is -0.351. The third-order valence-electron chi connectivity index (χ3n) is 3.59. The number of carbonyl (C=O) groups excluding carboxylic acids is 1. The van der Waals surface area contributed by atoms with Crippen LogP contribution < -0.4 is 5.73 Å². The maximum atomic E-state index is 11.8. The monoisotopic (exact) mass is 304 g/mol. The second kappa shape index (κ2) is 5.50. The number of carbonyl (C=O) groups is 1. The molecule has 2 heterocycles. The number of nitrogens with zero attached hydrogens (tertiary/aromatic N) is 1. The average Bonchev–Trinajstić information content (AvgIpc) is 3.02. The molecule has 0 radical (unpaired) electrons. The van der Waals surface area contributed by atoms with Crippen LogP contribution in [0.25, 0.3) is 0 Å². The maximum Gasteiger partial charge on any atom is 0.252 e. The number of fused-ring (bicyclic) bond motifs is 1. The van der Waals surface area contributed by atoms with Crippen molar-refractivity contribution in [3.05, 3.63) is 38.4 Å². The minimum absolute atomic E-state index is 0.351. The van der Waals surface area contributed by atoms with Gasteiger partial charge in [0.25, 0.3) is 5.91 Å². The molecule has 0 unspecified atom stereocenters. The van der Waals surface area contributed by atoms with Crippen LogP contribution in [0.1, 0.15) is 39.0 Å². The summed E-state index contributed by atoms with van der Waals surface area (Å²) in [5.74, 6) is 0.325. The molecule has 0 saturated heterocycles. The highest BCUT2D eigenvalue weighted by Crippen LogP contribution is 2.40. The lowest BCUT2D eigenvalue weighted by atomic mass is 9.88. The second-order valence-electron chi connectivity index (χ2n) is 5.17. The molecular weight excluding hydrogens is 288 g/mol. The summed E-state index contributed by atoms with van der Waals surface area (Å²) in [4.78, 5) is 18.6. The van der Waals surface area contributed by atoms with E-state index in [1.54, 1.807) is 22.7 Å². The molecule has 1 aliphatic carbocycles. The van der Waals surface area contributed by atoms with E-state index in [0.29, 0.717) is 11.5 Å². The minimum Gasteiger partial charge on any atom is -0.365 e. The van der Waals surface area contributed by atoms with Crippen LogP contribution in [0.4, 0.5) is 5.00 Å². The topological polar surface area (TPSA) is 55.4 Å². The van der Waals surface area contributed by atoms with Crippen molar-refractivity contribution in [1.82, 2.24) is 0 Å². The molecule has 2 N–H and O–H groups in total. The van der Waals surface area contributed by atoms with Crippen molar-refractivity contribution >= 4 is 39.8 Å². The Balaban J connectivity index is 2.00. The highest BCUT2D eigenvalue weighted by Gasteiger charge is 2.26. The molecule has 20 heavy (non-hydrogen) atoms. The Bertz CT molecular complexity index is 656. The van der Waals surface area contributed by atoms with Crippen LogP contribution in [0.5, 0.6) is 0 Å². The standard InChI is InChI=1S/C15H16N2OS2/c1-9-4-5-11-12(7-9)20-15(13(11)14(16)18)17-8-10-3-2-6-19-10/h2-3,6,8-9H,4-5,7H2,1H3,(H2,16,18)/t9-/m0/s1. The SMILES string of the molecule is C[C@H]1CCc2c(sc(N=Cc3cccs3)c2C(N)=O)C1. The molecule has 2 aromatic rings. The van der Waals surface area contributed by atoms with E-state index < -0.39 is 0 Å². The first-order chi connectivity index (χ1) is 9.65. The molecule has 0 spiro atoms. The Morgan fingerprint density at radius 3 is 3.10 bits per heavy atom. The maximum absolute atomic E-state index is 11.8. The van der Waals surface area contributed by atoms with Gasteiger partial charge >= 0.3 is 0 Å².